The third kappa shape index (κ3) is 2.63. The molecule has 0 amide bonds. The van der Waals surface area contributed by atoms with Crippen LogP contribution in [0.1, 0.15) is 5.56 Å². The van der Waals surface area contributed by atoms with Crippen LogP contribution in [0.3, 0.4) is 0 Å². The maximum absolute atomic E-state index is 13.7. The monoisotopic (exact) mass is 258 g/mol. The Kier molecular flexibility index (Phi) is 3.85. The van der Waals surface area contributed by atoms with Crippen LogP contribution < -0.4 is 5.32 Å². The summed E-state index contributed by atoms with van der Waals surface area (Å²) in [4.78, 5) is 1.04. The van der Waals surface area contributed by atoms with Crippen molar-refractivity contribution < 1.29 is 4.39 Å². The van der Waals surface area contributed by atoms with Gasteiger partial charge >= 0.3 is 0 Å². The summed E-state index contributed by atoms with van der Waals surface area (Å²) in [6.07, 6.45) is 1.97. The molecule has 0 radical (unpaired) electrons. The first-order chi connectivity index (χ1) is 8.74. The number of para-hydroxylation sites is 1. The van der Waals surface area contributed by atoms with Crippen molar-refractivity contribution in [2.24, 2.45) is 0 Å². The largest absolute Gasteiger partial charge is 0.352 e. The molecule has 0 aliphatic rings. The second-order valence-electron chi connectivity index (χ2n) is 3.63. The molecule has 0 heterocycles. The zero-order valence-electron chi connectivity index (χ0n) is 9.77. The molecule has 0 saturated carbocycles. The standard InChI is InChI=1S/C14H11FN2S/c1-18-14-5-3-2-4-13(14)17-12-7-6-10(9-16)8-11(12)15/h2-8,17H,1H3. The Hall–Kier alpha value is -1.99. The van der Waals surface area contributed by atoms with E-state index in [1.807, 2.05) is 36.6 Å². The van der Waals surface area contributed by atoms with Crippen molar-refractivity contribution in [3.63, 3.8) is 0 Å². The number of benzene rings is 2. The van der Waals surface area contributed by atoms with Crippen LogP contribution in [0.5, 0.6) is 0 Å². The lowest BCUT2D eigenvalue weighted by molar-refractivity contribution is 0.631. The Balaban J connectivity index is 2.32. The van der Waals surface area contributed by atoms with Crippen LogP contribution >= 0.6 is 11.8 Å². The van der Waals surface area contributed by atoms with Crippen molar-refractivity contribution in [3.05, 3.63) is 53.8 Å². The quantitative estimate of drug-likeness (QED) is 0.839. The highest BCUT2D eigenvalue weighted by Crippen LogP contribution is 2.28. The molecular formula is C14H11FN2S. The molecule has 90 valence electrons. The Morgan fingerprint density at radius 3 is 2.61 bits per heavy atom. The summed E-state index contributed by atoms with van der Waals surface area (Å²) < 4.78 is 13.7. The fourth-order valence-corrected chi connectivity index (χ4v) is 2.13. The van der Waals surface area contributed by atoms with Crippen molar-refractivity contribution in [3.8, 4) is 6.07 Å². The van der Waals surface area contributed by atoms with E-state index in [1.54, 1.807) is 23.9 Å². The zero-order chi connectivity index (χ0) is 13.0. The summed E-state index contributed by atoms with van der Waals surface area (Å²) in [5.74, 6) is -0.426. The SMILES string of the molecule is CSc1ccccc1Nc1ccc(C#N)cc1F. The number of anilines is 2. The number of halogens is 1. The number of nitrogens with zero attached hydrogens (tertiary/aromatic N) is 1. The predicted molar refractivity (Wildman–Crippen MR) is 72.6 cm³/mol. The maximum atomic E-state index is 13.7. The second kappa shape index (κ2) is 5.56. The number of hydrogen-bond acceptors (Lipinski definition) is 3. The summed E-state index contributed by atoms with van der Waals surface area (Å²) in [6, 6.07) is 14.0. The molecule has 2 nitrogen and oxygen atoms in total. The highest BCUT2D eigenvalue weighted by atomic mass is 32.2. The Morgan fingerprint density at radius 1 is 1.17 bits per heavy atom. The van der Waals surface area contributed by atoms with Crippen molar-refractivity contribution in [2.45, 2.75) is 4.90 Å². The Morgan fingerprint density at radius 2 is 1.94 bits per heavy atom. The van der Waals surface area contributed by atoms with E-state index in [0.29, 0.717) is 11.3 Å². The highest BCUT2D eigenvalue weighted by Gasteiger charge is 2.06. The van der Waals surface area contributed by atoms with Gasteiger partial charge in [-0.3, -0.25) is 0 Å². The summed E-state index contributed by atoms with van der Waals surface area (Å²) in [6.45, 7) is 0. The lowest BCUT2D eigenvalue weighted by Gasteiger charge is -2.11. The number of nitrogens with one attached hydrogen (secondary N) is 1. The molecule has 0 bridgehead atoms. The minimum atomic E-state index is -0.426. The van der Waals surface area contributed by atoms with Gasteiger partial charge in [-0.25, -0.2) is 4.39 Å². The first-order valence-corrected chi connectivity index (χ1v) is 6.57. The molecule has 0 spiro atoms. The molecule has 0 aliphatic carbocycles. The second-order valence-corrected chi connectivity index (χ2v) is 4.48. The number of rotatable bonds is 3. The van der Waals surface area contributed by atoms with Gasteiger partial charge in [-0.2, -0.15) is 5.26 Å². The van der Waals surface area contributed by atoms with Gasteiger partial charge in [-0.15, -0.1) is 11.8 Å². The Bertz CT molecular complexity index is 605. The summed E-state index contributed by atoms with van der Waals surface area (Å²) in [7, 11) is 0. The first-order valence-electron chi connectivity index (χ1n) is 5.34. The van der Waals surface area contributed by atoms with Gasteiger partial charge in [0.1, 0.15) is 5.82 Å². The van der Waals surface area contributed by atoms with Gasteiger partial charge < -0.3 is 5.32 Å². The molecule has 1 N–H and O–H groups in total. The van der Waals surface area contributed by atoms with Crippen molar-refractivity contribution in [2.75, 3.05) is 11.6 Å². The van der Waals surface area contributed by atoms with Crippen molar-refractivity contribution in [1.82, 2.24) is 0 Å². The van der Waals surface area contributed by atoms with E-state index in [0.717, 1.165) is 10.6 Å². The molecule has 2 aromatic rings. The normalized spacial score (nSPS) is 9.83. The number of thioether (sulfide) groups is 1. The minimum absolute atomic E-state index is 0.316. The average Bonchev–Trinajstić information content (AvgIpc) is 2.41. The molecule has 0 fully saturated rings. The number of hydrogen-bond donors (Lipinski definition) is 1. The molecular weight excluding hydrogens is 247 g/mol. The van der Waals surface area contributed by atoms with Crippen LogP contribution in [0.2, 0.25) is 0 Å². The Labute approximate surface area is 109 Å². The molecule has 18 heavy (non-hydrogen) atoms. The molecule has 0 aliphatic heterocycles. The van der Waals surface area contributed by atoms with Gasteiger partial charge in [0.05, 0.1) is 23.0 Å². The molecule has 4 heteroatoms. The number of nitriles is 1. The summed E-state index contributed by atoms with van der Waals surface area (Å²) in [5, 5.41) is 11.7. The fourth-order valence-electron chi connectivity index (χ4n) is 1.58. The van der Waals surface area contributed by atoms with Gasteiger partial charge in [0.15, 0.2) is 0 Å². The van der Waals surface area contributed by atoms with Gasteiger partial charge in [0.25, 0.3) is 0 Å². The van der Waals surface area contributed by atoms with E-state index in [4.69, 9.17) is 5.26 Å². The van der Waals surface area contributed by atoms with E-state index in [1.165, 1.54) is 6.07 Å². The lowest BCUT2D eigenvalue weighted by atomic mass is 10.2. The third-order valence-corrected chi connectivity index (χ3v) is 3.27. The van der Waals surface area contributed by atoms with Gasteiger partial charge in [-0.1, -0.05) is 12.1 Å². The summed E-state index contributed by atoms with van der Waals surface area (Å²) in [5.41, 5.74) is 1.54. The molecule has 0 saturated heterocycles. The van der Waals surface area contributed by atoms with Crippen LogP contribution in [0.15, 0.2) is 47.4 Å². The van der Waals surface area contributed by atoms with Crippen LogP contribution in [0, 0.1) is 17.1 Å². The van der Waals surface area contributed by atoms with Gasteiger partial charge in [0, 0.05) is 4.90 Å². The maximum Gasteiger partial charge on any atom is 0.147 e. The van der Waals surface area contributed by atoms with Crippen molar-refractivity contribution in [1.29, 1.82) is 5.26 Å². The lowest BCUT2D eigenvalue weighted by Crippen LogP contribution is -1.95. The van der Waals surface area contributed by atoms with Crippen LogP contribution in [-0.4, -0.2) is 6.26 Å². The minimum Gasteiger partial charge on any atom is -0.352 e. The molecule has 2 rings (SSSR count). The molecule has 0 aromatic heterocycles. The van der Waals surface area contributed by atoms with E-state index in [9.17, 15) is 4.39 Å². The topological polar surface area (TPSA) is 35.8 Å². The zero-order valence-corrected chi connectivity index (χ0v) is 10.6. The molecule has 0 unspecified atom stereocenters. The smallest absolute Gasteiger partial charge is 0.147 e. The van der Waals surface area contributed by atoms with E-state index >= 15 is 0 Å². The predicted octanol–water partition coefficient (Wildman–Crippen LogP) is 4.16. The van der Waals surface area contributed by atoms with Crippen LogP contribution in [0.25, 0.3) is 0 Å². The van der Waals surface area contributed by atoms with Gasteiger partial charge in [0.2, 0.25) is 0 Å². The highest BCUT2D eigenvalue weighted by molar-refractivity contribution is 7.98. The van der Waals surface area contributed by atoms with Crippen LogP contribution in [-0.2, 0) is 0 Å². The van der Waals surface area contributed by atoms with E-state index < -0.39 is 5.82 Å². The van der Waals surface area contributed by atoms with Crippen LogP contribution in [0.4, 0.5) is 15.8 Å². The first kappa shape index (κ1) is 12.5. The van der Waals surface area contributed by atoms with E-state index in [2.05, 4.69) is 5.32 Å². The fraction of sp³-hybridized carbons (Fsp3) is 0.0714. The van der Waals surface area contributed by atoms with Crippen molar-refractivity contribution >= 4 is 23.1 Å². The van der Waals surface area contributed by atoms with E-state index in [-0.39, 0.29) is 0 Å². The third-order valence-electron chi connectivity index (χ3n) is 2.47. The molecule has 2 aromatic carbocycles. The summed E-state index contributed by atoms with van der Waals surface area (Å²) >= 11 is 1.59. The molecule has 0 atom stereocenters. The van der Waals surface area contributed by atoms with Gasteiger partial charge in [-0.05, 0) is 36.6 Å². The average molecular weight is 258 g/mol.